The minimum atomic E-state index is 0.567. The first-order valence-electron chi connectivity index (χ1n) is 14.0. The van der Waals surface area contributed by atoms with Crippen LogP contribution in [0.1, 0.15) is 125 Å². The van der Waals surface area contributed by atoms with E-state index in [1.165, 1.54) is 113 Å². The van der Waals surface area contributed by atoms with Crippen molar-refractivity contribution in [2.24, 2.45) is 5.92 Å². The van der Waals surface area contributed by atoms with Crippen molar-refractivity contribution in [3.8, 4) is 11.8 Å². The van der Waals surface area contributed by atoms with E-state index in [0.29, 0.717) is 5.92 Å². The number of hydrogen-bond donors (Lipinski definition) is 0. The van der Waals surface area contributed by atoms with E-state index in [1.807, 2.05) is 0 Å². The summed E-state index contributed by atoms with van der Waals surface area (Å²) in [5.41, 5.74) is 5.70. The van der Waals surface area contributed by atoms with Crippen molar-refractivity contribution in [2.45, 2.75) is 116 Å². The zero-order valence-corrected chi connectivity index (χ0v) is 21.4. The standard InChI is InChI=1S/C33H46/c1-3-5-7-9-11-13-29-20-24-32(25-21-29)33-26-22-31(23-27-33)19-18-30-16-14-28(15-17-30)12-10-8-6-4-2/h14-17,20-21,24-25,31,33H,3-13,22-23,26-27H2,1-2H3. The lowest BCUT2D eigenvalue weighted by Gasteiger charge is -2.26. The second-order valence-electron chi connectivity index (χ2n) is 10.2. The number of hydrogen-bond acceptors (Lipinski definition) is 0. The van der Waals surface area contributed by atoms with Crippen molar-refractivity contribution in [2.75, 3.05) is 0 Å². The molecule has 0 aliphatic heterocycles. The van der Waals surface area contributed by atoms with Crippen molar-refractivity contribution < 1.29 is 0 Å². The Morgan fingerprint density at radius 1 is 0.606 bits per heavy atom. The third-order valence-electron chi connectivity index (χ3n) is 7.44. The van der Waals surface area contributed by atoms with Gasteiger partial charge >= 0.3 is 0 Å². The lowest BCUT2D eigenvalue weighted by Crippen LogP contribution is -2.12. The molecule has 2 aromatic rings. The molecular weight excluding hydrogens is 396 g/mol. The molecule has 1 saturated carbocycles. The molecule has 178 valence electrons. The highest BCUT2D eigenvalue weighted by Crippen LogP contribution is 2.35. The summed E-state index contributed by atoms with van der Waals surface area (Å²) < 4.78 is 0. The van der Waals surface area contributed by atoms with Crippen molar-refractivity contribution in [1.82, 2.24) is 0 Å². The van der Waals surface area contributed by atoms with E-state index in [2.05, 4.69) is 74.2 Å². The maximum absolute atomic E-state index is 3.59. The van der Waals surface area contributed by atoms with Gasteiger partial charge in [-0.1, -0.05) is 107 Å². The van der Waals surface area contributed by atoms with Crippen LogP contribution in [-0.2, 0) is 12.8 Å². The van der Waals surface area contributed by atoms with Crippen LogP contribution in [0, 0.1) is 17.8 Å². The van der Waals surface area contributed by atoms with Crippen molar-refractivity contribution in [3.05, 3.63) is 70.8 Å². The predicted octanol–water partition coefficient (Wildman–Crippen LogP) is 9.65. The van der Waals surface area contributed by atoms with Gasteiger partial charge < -0.3 is 0 Å². The summed E-state index contributed by atoms with van der Waals surface area (Å²) in [6.45, 7) is 4.56. The normalized spacial score (nSPS) is 18.0. The van der Waals surface area contributed by atoms with E-state index in [4.69, 9.17) is 0 Å². The molecule has 0 nitrogen and oxygen atoms in total. The fraction of sp³-hybridized carbons (Fsp3) is 0.576. The van der Waals surface area contributed by atoms with E-state index >= 15 is 0 Å². The first-order chi connectivity index (χ1) is 16.3. The fourth-order valence-corrected chi connectivity index (χ4v) is 5.16. The number of unbranched alkanes of at least 4 members (excludes halogenated alkanes) is 7. The van der Waals surface area contributed by atoms with Gasteiger partial charge in [0.05, 0.1) is 0 Å². The SMILES string of the molecule is CCCCCCCc1ccc(C2CCC(C#Cc3ccc(CCCCCC)cc3)CC2)cc1. The third-order valence-corrected chi connectivity index (χ3v) is 7.44. The Morgan fingerprint density at radius 2 is 1.12 bits per heavy atom. The molecule has 0 bridgehead atoms. The largest absolute Gasteiger partial charge is 0.0945 e. The zero-order valence-electron chi connectivity index (χ0n) is 21.4. The Labute approximate surface area is 204 Å². The molecule has 0 heterocycles. The summed E-state index contributed by atoms with van der Waals surface area (Å²) in [6.07, 6.45) is 19.7. The molecule has 0 unspecified atom stereocenters. The predicted molar refractivity (Wildman–Crippen MR) is 145 cm³/mol. The topological polar surface area (TPSA) is 0 Å². The Kier molecular flexibility index (Phi) is 11.7. The van der Waals surface area contributed by atoms with Gasteiger partial charge in [0, 0.05) is 11.5 Å². The van der Waals surface area contributed by atoms with E-state index in [0.717, 1.165) is 5.92 Å². The molecule has 1 aliphatic rings. The Hall–Kier alpha value is -2.00. The van der Waals surface area contributed by atoms with Gasteiger partial charge in [0.1, 0.15) is 0 Å². The summed E-state index contributed by atoms with van der Waals surface area (Å²) in [6, 6.07) is 18.6. The molecule has 0 saturated heterocycles. The highest BCUT2D eigenvalue weighted by Gasteiger charge is 2.21. The average molecular weight is 443 g/mol. The van der Waals surface area contributed by atoms with Gasteiger partial charge in [0.15, 0.2) is 0 Å². The van der Waals surface area contributed by atoms with Crippen LogP contribution in [0.2, 0.25) is 0 Å². The van der Waals surface area contributed by atoms with E-state index in [1.54, 1.807) is 5.56 Å². The molecule has 0 aromatic heterocycles. The first-order valence-corrected chi connectivity index (χ1v) is 14.0. The summed E-state index contributed by atoms with van der Waals surface area (Å²) in [5, 5.41) is 0. The van der Waals surface area contributed by atoms with E-state index in [9.17, 15) is 0 Å². The maximum Gasteiger partial charge on any atom is 0.0245 e. The molecule has 2 aromatic carbocycles. The van der Waals surface area contributed by atoms with Gasteiger partial charge in [-0.25, -0.2) is 0 Å². The number of benzene rings is 2. The second kappa shape index (κ2) is 15.0. The molecule has 33 heavy (non-hydrogen) atoms. The van der Waals surface area contributed by atoms with Gasteiger partial charge in [0.25, 0.3) is 0 Å². The summed E-state index contributed by atoms with van der Waals surface area (Å²) in [4.78, 5) is 0. The zero-order chi connectivity index (χ0) is 23.1. The molecular formula is C33H46. The molecule has 0 radical (unpaired) electrons. The van der Waals surface area contributed by atoms with Crippen LogP contribution < -0.4 is 0 Å². The van der Waals surface area contributed by atoms with Crippen LogP contribution in [0.3, 0.4) is 0 Å². The van der Waals surface area contributed by atoms with Gasteiger partial charge in [-0.05, 0) is 86.1 Å². The van der Waals surface area contributed by atoms with Crippen LogP contribution in [0.4, 0.5) is 0 Å². The quantitative estimate of drug-likeness (QED) is 0.227. The van der Waals surface area contributed by atoms with E-state index in [-0.39, 0.29) is 0 Å². The van der Waals surface area contributed by atoms with Crippen molar-refractivity contribution in [3.63, 3.8) is 0 Å². The van der Waals surface area contributed by atoms with Gasteiger partial charge in [-0.2, -0.15) is 0 Å². The smallest absolute Gasteiger partial charge is 0.0245 e. The van der Waals surface area contributed by atoms with Gasteiger partial charge in [-0.15, -0.1) is 0 Å². The Balaban J connectivity index is 1.39. The van der Waals surface area contributed by atoms with Crippen LogP contribution in [0.5, 0.6) is 0 Å². The maximum atomic E-state index is 3.59. The molecule has 0 atom stereocenters. The molecule has 0 N–H and O–H groups in total. The van der Waals surface area contributed by atoms with Crippen LogP contribution in [0.25, 0.3) is 0 Å². The summed E-state index contributed by atoms with van der Waals surface area (Å²) >= 11 is 0. The molecule has 0 heteroatoms. The second-order valence-corrected chi connectivity index (χ2v) is 10.2. The molecule has 0 spiro atoms. The molecule has 3 rings (SSSR count). The lowest BCUT2D eigenvalue weighted by molar-refractivity contribution is 0.384. The lowest BCUT2D eigenvalue weighted by atomic mass is 9.78. The Bertz CT molecular complexity index is 822. The number of aryl methyl sites for hydroxylation is 2. The number of rotatable bonds is 12. The average Bonchev–Trinajstić information content (AvgIpc) is 2.87. The van der Waals surface area contributed by atoms with E-state index < -0.39 is 0 Å². The van der Waals surface area contributed by atoms with Gasteiger partial charge in [-0.3, -0.25) is 0 Å². The minimum absolute atomic E-state index is 0.567. The molecule has 1 aliphatic carbocycles. The molecule has 1 fully saturated rings. The highest BCUT2D eigenvalue weighted by molar-refractivity contribution is 5.37. The summed E-state index contributed by atoms with van der Waals surface area (Å²) in [5.74, 6) is 8.35. The third kappa shape index (κ3) is 9.41. The Morgan fingerprint density at radius 3 is 1.70 bits per heavy atom. The van der Waals surface area contributed by atoms with Crippen molar-refractivity contribution >= 4 is 0 Å². The van der Waals surface area contributed by atoms with Crippen LogP contribution in [0.15, 0.2) is 48.5 Å². The van der Waals surface area contributed by atoms with Crippen molar-refractivity contribution in [1.29, 1.82) is 0 Å². The fourth-order valence-electron chi connectivity index (χ4n) is 5.16. The van der Waals surface area contributed by atoms with Crippen LogP contribution >= 0.6 is 0 Å². The summed E-state index contributed by atoms with van der Waals surface area (Å²) in [7, 11) is 0. The van der Waals surface area contributed by atoms with Crippen LogP contribution in [-0.4, -0.2) is 0 Å². The van der Waals surface area contributed by atoms with Gasteiger partial charge in [0.2, 0.25) is 0 Å². The minimum Gasteiger partial charge on any atom is -0.0945 e. The first kappa shape index (κ1) is 25.6. The molecule has 0 amide bonds. The highest BCUT2D eigenvalue weighted by atomic mass is 14.2. The monoisotopic (exact) mass is 442 g/mol.